The number of nitrogens with one attached hydrogen (secondary N) is 1. The normalized spacial score (nSPS) is 12.5. The molecule has 0 fully saturated rings. The van der Waals surface area contributed by atoms with E-state index in [0.29, 0.717) is 0 Å². The average molecular weight is 424 g/mol. The molecule has 90 valence electrons. The van der Waals surface area contributed by atoms with Crippen LogP contribution in [0.1, 0.15) is 18.5 Å². The molecule has 1 heterocycles. The number of furan rings is 1. The highest BCUT2D eigenvalue weighted by Gasteiger charge is 2.12. The van der Waals surface area contributed by atoms with Gasteiger partial charge >= 0.3 is 0 Å². The van der Waals surface area contributed by atoms with E-state index in [-0.39, 0.29) is 6.04 Å². The lowest BCUT2D eigenvalue weighted by atomic mass is 10.1. The maximum atomic E-state index is 5.08. The van der Waals surface area contributed by atoms with Crippen molar-refractivity contribution in [1.82, 2.24) is 0 Å². The van der Waals surface area contributed by atoms with Crippen LogP contribution in [0, 0.1) is 0 Å². The van der Waals surface area contributed by atoms with Crippen LogP contribution in [-0.4, -0.2) is 0 Å². The van der Waals surface area contributed by atoms with Crippen molar-refractivity contribution in [3.05, 3.63) is 49.7 Å². The highest BCUT2D eigenvalue weighted by molar-refractivity contribution is 9.11. The van der Waals surface area contributed by atoms with Crippen molar-refractivity contribution in [2.24, 2.45) is 0 Å². The van der Waals surface area contributed by atoms with E-state index in [1.165, 1.54) is 0 Å². The number of hydrogen-bond donors (Lipinski definition) is 1. The Morgan fingerprint density at radius 1 is 1.18 bits per heavy atom. The fraction of sp³-hybridized carbons (Fsp3) is 0.167. The molecule has 0 aliphatic carbocycles. The Morgan fingerprint density at radius 3 is 2.35 bits per heavy atom. The molecule has 0 bridgehead atoms. The summed E-state index contributed by atoms with van der Waals surface area (Å²) >= 11 is 10.5. The van der Waals surface area contributed by atoms with Gasteiger partial charge in [0.25, 0.3) is 0 Å². The lowest BCUT2D eigenvalue weighted by molar-refractivity contribution is 0.562. The third-order valence-corrected chi connectivity index (χ3v) is 4.12. The maximum Gasteiger partial charge on any atom is 0.0955 e. The van der Waals surface area contributed by atoms with Gasteiger partial charge < -0.3 is 9.73 Å². The summed E-state index contributed by atoms with van der Waals surface area (Å²) in [6.07, 6.45) is 3.43. The SMILES string of the molecule is CC(Nc1c(Br)cc(Br)cc1Br)c1ccoc1. The zero-order valence-corrected chi connectivity index (χ0v) is 13.8. The summed E-state index contributed by atoms with van der Waals surface area (Å²) in [6, 6.07) is 6.16. The van der Waals surface area contributed by atoms with Crippen LogP contribution in [0.25, 0.3) is 0 Å². The van der Waals surface area contributed by atoms with Crippen LogP contribution in [0.2, 0.25) is 0 Å². The molecule has 1 N–H and O–H groups in total. The first-order chi connectivity index (χ1) is 8.08. The Hall–Kier alpha value is -0.260. The third kappa shape index (κ3) is 3.14. The van der Waals surface area contributed by atoms with Crippen LogP contribution < -0.4 is 5.32 Å². The third-order valence-electron chi connectivity index (χ3n) is 2.41. The van der Waals surface area contributed by atoms with Crippen molar-refractivity contribution >= 4 is 53.5 Å². The molecule has 1 aromatic carbocycles. The molecule has 17 heavy (non-hydrogen) atoms. The Kier molecular flexibility index (Phi) is 4.33. The molecule has 2 rings (SSSR count). The lowest BCUT2D eigenvalue weighted by Gasteiger charge is -2.16. The standard InChI is InChI=1S/C12H10Br3NO/c1-7(8-2-3-17-6-8)16-12-10(14)4-9(13)5-11(12)15/h2-7,16H,1H3. The van der Waals surface area contributed by atoms with Gasteiger partial charge in [-0.25, -0.2) is 0 Å². The largest absolute Gasteiger partial charge is 0.472 e. The van der Waals surface area contributed by atoms with Crippen molar-refractivity contribution in [3.8, 4) is 0 Å². The Labute approximate surface area is 125 Å². The van der Waals surface area contributed by atoms with Crippen LogP contribution >= 0.6 is 47.8 Å². The van der Waals surface area contributed by atoms with Gasteiger partial charge in [0.15, 0.2) is 0 Å². The summed E-state index contributed by atoms with van der Waals surface area (Å²) in [6.45, 7) is 2.09. The van der Waals surface area contributed by atoms with E-state index < -0.39 is 0 Å². The average Bonchev–Trinajstić information content (AvgIpc) is 2.76. The van der Waals surface area contributed by atoms with E-state index in [0.717, 1.165) is 24.7 Å². The van der Waals surface area contributed by atoms with Crippen molar-refractivity contribution in [1.29, 1.82) is 0 Å². The molecule has 0 spiro atoms. The first kappa shape index (κ1) is 13.2. The molecular formula is C12H10Br3NO. The van der Waals surface area contributed by atoms with Crippen molar-refractivity contribution in [3.63, 3.8) is 0 Å². The van der Waals surface area contributed by atoms with E-state index in [1.54, 1.807) is 12.5 Å². The number of benzene rings is 1. The monoisotopic (exact) mass is 421 g/mol. The van der Waals surface area contributed by atoms with Gasteiger partial charge in [-0.05, 0) is 57.0 Å². The molecule has 5 heteroatoms. The van der Waals surface area contributed by atoms with E-state index >= 15 is 0 Å². The van der Waals surface area contributed by atoms with Crippen molar-refractivity contribution < 1.29 is 4.42 Å². The summed E-state index contributed by atoms with van der Waals surface area (Å²) < 4.78 is 8.12. The number of halogens is 3. The van der Waals surface area contributed by atoms with E-state index in [4.69, 9.17) is 4.42 Å². The van der Waals surface area contributed by atoms with Crippen LogP contribution in [0.15, 0.2) is 48.6 Å². The van der Waals surface area contributed by atoms with E-state index in [2.05, 4.69) is 60.0 Å². The molecule has 0 aliphatic rings. The zero-order chi connectivity index (χ0) is 12.4. The van der Waals surface area contributed by atoms with Crippen LogP contribution in [-0.2, 0) is 0 Å². The molecule has 0 aliphatic heterocycles. The minimum absolute atomic E-state index is 0.183. The highest BCUT2D eigenvalue weighted by atomic mass is 79.9. The molecular weight excluding hydrogens is 414 g/mol. The summed E-state index contributed by atoms with van der Waals surface area (Å²) in [4.78, 5) is 0. The molecule has 0 saturated carbocycles. The van der Waals surface area contributed by atoms with E-state index in [1.807, 2.05) is 18.2 Å². The molecule has 0 radical (unpaired) electrons. The van der Waals surface area contributed by atoms with Gasteiger partial charge in [0.2, 0.25) is 0 Å². The molecule has 1 unspecified atom stereocenters. The van der Waals surface area contributed by atoms with Gasteiger partial charge in [-0.15, -0.1) is 0 Å². The summed E-state index contributed by atoms with van der Waals surface area (Å²) in [7, 11) is 0. The van der Waals surface area contributed by atoms with Crippen molar-refractivity contribution in [2.75, 3.05) is 5.32 Å². The fourth-order valence-electron chi connectivity index (χ4n) is 1.50. The topological polar surface area (TPSA) is 25.2 Å². The first-order valence-electron chi connectivity index (χ1n) is 5.01. The van der Waals surface area contributed by atoms with E-state index in [9.17, 15) is 0 Å². The zero-order valence-electron chi connectivity index (χ0n) is 9.01. The van der Waals surface area contributed by atoms with Gasteiger partial charge in [0, 0.05) is 19.0 Å². The van der Waals surface area contributed by atoms with Crippen molar-refractivity contribution in [2.45, 2.75) is 13.0 Å². The molecule has 2 nitrogen and oxygen atoms in total. The molecule has 1 atom stereocenters. The van der Waals surface area contributed by atoms with Gasteiger partial charge in [-0.2, -0.15) is 0 Å². The molecule has 2 aromatic rings. The van der Waals surface area contributed by atoms with Gasteiger partial charge in [-0.3, -0.25) is 0 Å². The first-order valence-corrected chi connectivity index (χ1v) is 7.39. The fourth-order valence-corrected chi connectivity index (χ4v) is 3.99. The van der Waals surface area contributed by atoms with Crippen LogP contribution in [0.3, 0.4) is 0 Å². The lowest BCUT2D eigenvalue weighted by Crippen LogP contribution is -2.06. The summed E-state index contributed by atoms with van der Waals surface area (Å²) in [5.74, 6) is 0. The van der Waals surface area contributed by atoms with Gasteiger partial charge in [0.05, 0.1) is 24.3 Å². The number of anilines is 1. The summed E-state index contributed by atoms with van der Waals surface area (Å²) in [5, 5.41) is 3.43. The molecule has 1 aromatic heterocycles. The Bertz CT molecular complexity index is 487. The smallest absolute Gasteiger partial charge is 0.0955 e. The summed E-state index contributed by atoms with van der Waals surface area (Å²) in [5.41, 5.74) is 2.15. The molecule has 0 amide bonds. The number of rotatable bonds is 3. The minimum Gasteiger partial charge on any atom is -0.472 e. The maximum absolute atomic E-state index is 5.08. The number of hydrogen-bond acceptors (Lipinski definition) is 2. The van der Waals surface area contributed by atoms with Gasteiger partial charge in [0.1, 0.15) is 0 Å². The quantitative estimate of drug-likeness (QED) is 0.680. The Balaban J connectivity index is 2.25. The molecule has 0 saturated heterocycles. The second-order valence-electron chi connectivity index (χ2n) is 3.67. The highest BCUT2D eigenvalue weighted by Crippen LogP contribution is 2.36. The predicted molar refractivity (Wildman–Crippen MR) is 80.3 cm³/mol. The second-order valence-corrected chi connectivity index (χ2v) is 6.29. The van der Waals surface area contributed by atoms with Gasteiger partial charge in [-0.1, -0.05) is 15.9 Å². The Morgan fingerprint density at radius 2 is 1.82 bits per heavy atom. The van der Waals surface area contributed by atoms with Crippen LogP contribution in [0.4, 0.5) is 5.69 Å². The predicted octanol–water partition coefficient (Wildman–Crippen LogP) is 5.74. The van der Waals surface area contributed by atoms with Crippen LogP contribution in [0.5, 0.6) is 0 Å². The second kappa shape index (κ2) is 5.59. The minimum atomic E-state index is 0.183.